The molecule has 0 radical (unpaired) electrons. The van der Waals surface area contributed by atoms with Gasteiger partial charge in [0.2, 0.25) is 5.91 Å². The highest BCUT2D eigenvalue weighted by molar-refractivity contribution is 6.32. The number of nitrogens with one attached hydrogen (secondary N) is 2. The minimum absolute atomic E-state index is 0.0228. The van der Waals surface area contributed by atoms with Crippen LogP contribution in [0.15, 0.2) is 55.2 Å². The third kappa shape index (κ3) is 5.35. The molecule has 0 aliphatic heterocycles. The molecule has 3 aromatic rings. The van der Waals surface area contributed by atoms with E-state index in [4.69, 9.17) is 21.1 Å². The van der Waals surface area contributed by atoms with Crippen LogP contribution in [0.1, 0.15) is 31.5 Å². The maximum Gasteiger partial charge on any atom is 0.413 e. The van der Waals surface area contributed by atoms with E-state index in [1.165, 1.54) is 31.0 Å². The first-order chi connectivity index (χ1) is 15.9. The Bertz CT molecular complexity index is 1180. The molecule has 4 rings (SSSR count). The summed E-state index contributed by atoms with van der Waals surface area (Å²) >= 11 is 6.05. The van der Waals surface area contributed by atoms with Crippen LogP contribution in [0.25, 0.3) is 0 Å². The van der Waals surface area contributed by atoms with Crippen LogP contribution >= 0.6 is 11.6 Å². The second-order valence-corrected chi connectivity index (χ2v) is 7.84. The molecule has 1 unspecified atom stereocenters. The van der Waals surface area contributed by atoms with Crippen molar-refractivity contribution in [2.24, 2.45) is 0 Å². The Balaban J connectivity index is 1.37. The summed E-state index contributed by atoms with van der Waals surface area (Å²) < 4.78 is 25.3. The monoisotopic (exact) mass is 471 g/mol. The number of para-hydroxylation sites is 1. The van der Waals surface area contributed by atoms with Gasteiger partial charge in [0.15, 0.2) is 11.6 Å². The standard InChI is InChI=1S/C22H19ClFN5O4/c1-13(19-17(24)8-14(11-27-19)32-18-5-3-2-4-16(18)23)28-20(30)22(6-7-22)29-21(31)33-15-9-25-12-26-10-15/h2-5,8-13H,6-7H2,1H3,(H,28,30)(H,29,31). The maximum absolute atomic E-state index is 14.7. The lowest BCUT2D eigenvalue weighted by Gasteiger charge is -2.20. The van der Waals surface area contributed by atoms with Crippen LogP contribution in [0, 0.1) is 5.82 Å². The summed E-state index contributed by atoms with van der Waals surface area (Å²) in [4.78, 5) is 36.5. The highest BCUT2D eigenvalue weighted by Crippen LogP contribution is 2.36. The maximum atomic E-state index is 14.7. The van der Waals surface area contributed by atoms with Crippen LogP contribution in [0.4, 0.5) is 9.18 Å². The van der Waals surface area contributed by atoms with Crippen molar-refractivity contribution in [1.82, 2.24) is 25.6 Å². The number of carbonyl (C=O) groups excluding carboxylic acids is 2. The van der Waals surface area contributed by atoms with E-state index < -0.39 is 29.4 Å². The van der Waals surface area contributed by atoms with E-state index in [1.54, 1.807) is 31.2 Å². The zero-order valence-electron chi connectivity index (χ0n) is 17.4. The van der Waals surface area contributed by atoms with Crippen molar-refractivity contribution in [3.63, 3.8) is 0 Å². The first-order valence-corrected chi connectivity index (χ1v) is 10.4. The lowest BCUT2D eigenvalue weighted by molar-refractivity contribution is -0.124. The van der Waals surface area contributed by atoms with Gasteiger partial charge in [-0.15, -0.1) is 0 Å². The number of amides is 2. The number of ether oxygens (including phenoxy) is 2. The van der Waals surface area contributed by atoms with Gasteiger partial charge in [-0.3, -0.25) is 9.78 Å². The molecule has 11 heteroatoms. The van der Waals surface area contributed by atoms with Gasteiger partial charge < -0.3 is 20.1 Å². The Morgan fingerprint density at radius 3 is 2.55 bits per heavy atom. The van der Waals surface area contributed by atoms with Crippen molar-refractivity contribution >= 4 is 23.6 Å². The minimum atomic E-state index is -1.12. The SMILES string of the molecule is CC(NC(=O)C1(NC(=O)Oc2cncnc2)CC1)c1ncc(Oc2ccccc2Cl)cc1F. The Hall–Kier alpha value is -3.79. The van der Waals surface area contributed by atoms with Gasteiger partial charge in [-0.25, -0.2) is 19.2 Å². The Kier molecular flexibility index (Phi) is 6.36. The van der Waals surface area contributed by atoms with E-state index in [1.807, 2.05) is 0 Å². The minimum Gasteiger partial charge on any atom is -0.454 e. The molecule has 33 heavy (non-hydrogen) atoms. The van der Waals surface area contributed by atoms with E-state index in [2.05, 4.69) is 25.6 Å². The molecule has 0 saturated heterocycles. The van der Waals surface area contributed by atoms with E-state index in [-0.39, 0.29) is 17.2 Å². The normalized spacial score (nSPS) is 14.6. The summed E-state index contributed by atoms with van der Waals surface area (Å²) in [7, 11) is 0. The predicted molar refractivity (Wildman–Crippen MR) is 115 cm³/mol. The summed E-state index contributed by atoms with van der Waals surface area (Å²) in [5, 5.41) is 5.62. The lowest BCUT2D eigenvalue weighted by Crippen LogP contribution is -2.50. The number of halogens is 2. The summed E-state index contributed by atoms with van der Waals surface area (Å²) in [5.41, 5.74) is -1.10. The number of aromatic nitrogens is 3. The lowest BCUT2D eigenvalue weighted by atomic mass is 10.1. The van der Waals surface area contributed by atoms with Crippen molar-refractivity contribution in [3.8, 4) is 17.2 Å². The first-order valence-electron chi connectivity index (χ1n) is 10.00. The molecule has 1 aliphatic rings. The second kappa shape index (κ2) is 9.37. The summed E-state index contributed by atoms with van der Waals surface area (Å²) in [6, 6.07) is 7.19. The van der Waals surface area contributed by atoms with Gasteiger partial charge in [0.25, 0.3) is 0 Å². The average molecular weight is 472 g/mol. The van der Waals surface area contributed by atoms with Crippen molar-refractivity contribution < 1.29 is 23.5 Å². The molecule has 2 amide bonds. The first kappa shape index (κ1) is 22.4. The third-order valence-electron chi connectivity index (χ3n) is 4.94. The summed E-state index contributed by atoms with van der Waals surface area (Å²) in [5.74, 6) is -0.450. The molecule has 2 aromatic heterocycles. The predicted octanol–water partition coefficient (Wildman–Crippen LogP) is 3.95. The molecular weight excluding hydrogens is 453 g/mol. The van der Waals surface area contributed by atoms with Crippen LogP contribution in [0.3, 0.4) is 0 Å². The number of hydrogen-bond donors (Lipinski definition) is 2. The fraction of sp³-hybridized carbons (Fsp3) is 0.227. The number of rotatable bonds is 7. The van der Waals surface area contributed by atoms with Crippen molar-refractivity contribution in [1.29, 1.82) is 0 Å². The van der Waals surface area contributed by atoms with E-state index in [0.29, 0.717) is 23.6 Å². The van der Waals surface area contributed by atoms with Gasteiger partial charge in [0, 0.05) is 6.07 Å². The number of pyridine rings is 1. The quantitative estimate of drug-likeness (QED) is 0.536. The number of carbonyl (C=O) groups is 2. The zero-order chi connectivity index (χ0) is 23.4. The molecule has 1 aliphatic carbocycles. The second-order valence-electron chi connectivity index (χ2n) is 7.44. The zero-order valence-corrected chi connectivity index (χ0v) is 18.2. The highest BCUT2D eigenvalue weighted by atomic mass is 35.5. The number of benzene rings is 1. The topological polar surface area (TPSA) is 115 Å². The van der Waals surface area contributed by atoms with Crippen LogP contribution in [-0.2, 0) is 4.79 Å². The van der Waals surface area contributed by atoms with Gasteiger partial charge in [-0.2, -0.15) is 0 Å². The molecule has 1 saturated carbocycles. The van der Waals surface area contributed by atoms with E-state index in [9.17, 15) is 14.0 Å². The van der Waals surface area contributed by atoms with Crippen LogP contribution < -0.4 is 20.1 Å². The third-order valence-corrected chi connectivity index (χ3v) is 5.25. The molecule has 9 nitrogen and oxygen atoms in total. The molecular formula is C22H19ClFN5O4. The Labute approximate surface area is 193 Å². The average Bonchev–Trinajstić information content (AvgIpc) is 3.56. The molecule has 2 N–H and O–H groups in total. The van der Waals surface area contributed by atoms with E-state index in [0.717, 1.165) is 0 Å². The van der Waals surface area contributed by atoms with Crippen molar-refractivity contribution in [2.45, 2.75) is 31.3 Å². The fourth-order valence-electron chi connectivity index (χ4n) is 3.06. The fourth-order valence-corrected chi connectivity index (χ4v) is 3.24. The summed E-state index contributed by atoms with van der Waals surface area (Å²) in [6.45, 7) is 1.59. The largest absolute Gasteiger partial charge is 0.454 e. The van der Waals surface area contributed by atoms with Crippen LogP contribution in [-0.4, -0.2) is 32.5 Å². The number of nitrogens with zero attached hydrogens (tertiary/aromatic N) is 3. The van der Waals surface area contributed by atoms with Crippen LogP contribution in [0.2, 0.25) is 5.02 Å². The molecule has 170 valence electrons. The molecule has 1 atom stereocenters. The van der Waals surface area contributed by atoms with Gasteiger partial charge in [-0.05, 0) is 31.9 Å². The highest BCUT2D eigenvalue weighted by Gasteiger charge is 2.52. The molecule has 0 bridgehead atoms. The van der Waals surface area contributed by atoms with Gasteiger partial charge >= 0.3 is 6.09 Å². The molecule has 1 aromatic carbocycles. The summed E-state index contributed by atoms with van der Waals surface area (Å²) in [6.07, 6.45) is 5.32. The van der Waals surface area contributed by atoms with Crippen molar-refractivity contribution in [2.75, 3.05) is 0 Å². The molecule has 2 heterocycles. The Morgan fingerprint density at radius 2 is 1.88 bits per heavy atom. The smallest absolute Gasteiger partial charge is 0.413 e. The Morgan fingerprint density at radius 1 is 1.15 bits per heavy atom. The van der Waals surface area contributed by atoms with Crippen molar-refractivity contribution in [3.05, 3.63) is 71.8 Å². The molecule has 0 spiro atoms. The van der Waals surface area contributed by atoms with E-state index >= 15 is 0 Å². The van der Waals surface area contributed by atoms with Gasteiger partial charge in [0.05, 0.1) is 35.3 Å². The molecule has 1 fully saturated rings. The van der Waals surface area contributed by atoms with Gasteiger partial charge in [0.1, 0.15) is 23.4 Å². The van der Waals surface area contributed by atoms with Gasteiger partial charge in [-0.1, -0.05) is 23.7 Å². The van der Waals surface area contributed by atoms with Crippen LogP contribution in [0.5, 0.6) is 17.2 Å². The number of hydrogen-bond acceptors (Lipinski definition) is 7.